The summed E-state index contributed by atoms with van der Waals surface area (Å²) in [4.78, 5) is 0. The molecular formula is C11H24S2. The van der Waals surface area contributed by atoms with Gasteiger partial charge >= 0.3 is 0 Å². The van der Waals surface area contributed by atoms with Crippen molar-refractivity contribution in [2.45, 2.75) is 64.9 Å². The Morgan fingerprint density at radius 2 is 1.00 bits per heavy atom. The van der Waals surface area contributed by atoms with Crippen LogP contribution in [0.25, 0.3) is 0 Å². The van der Waals surface area contributed by atoms with Crippen LogP contribution >= 0.6 is 21.6 Å². The fourth-order valence-corrected chi connectivity index (χ4v) is 3.19. The van der Waals surface area contributed by atoms with E-state index in [2.05, 4.69) is 55.4 Å². The van der Waals surface area contributed by atoms with Gasteiger partial charge in [-0.15, -0.1) is 0 Å². The lowest BCUT2D eigenvalue weighted by molar-refractivity contribution is 0.321. The first kappa shape index (κ1) is 13.7. The Balaban J connectivity index is 4.21. The molecule has 0 aliphatic heterocycles. The number of hydrogen-bond donors (Lipinski definition) is 0. The molecule has 0 radical (unpaired) electrons. The highest BCUT2D eigenvalue weighted by Crippen LogP contribution is 2.50. The lowest BCUT2D eigenvalue weighted by Gasteiger charge is -2.39. The van der Waals surface area contributed by atoms with Crippen LogP contribution in [0.1, 0.15) is 55.4 Å². The zero-order valence-electron chi connectivity index (χ0n) is 10.3. The SMILES string of the molecule is CC(C)(C)SSC(C)(C)C(C)(C)C. The first-order valence-electron chi connectivity index (χ1n) is 4.82. The van der Waals surface area contributed by atoms with Gasteiger partial charge in [-0.25, -0.2) is 0 Å². The third kappa shape index (κ3) is 5.21. The van der Waals surface area contributed by atoms with Crippen LogP contribution in [0.2, 0.25) is 0 Å². The van der Waals surface area contributed by atoms with Gasteiger partial charge in [0.2, 0.25) is 0 Å². The van der Waals surface area contributed by atoms with Crippen molar-refractivity contribution in [3.8, 4) is 0 Å². The molecule has 0 rings (SSSR count). The summed E-state index contributed by atoms with van der Waals surface area (Å²) in [6.45, 7) is 18.4. The van der Waals surface area contributed by atoms with E-state index in [4.69, 9.17) is 0 Å². The van der Waals surface area contributed by atoms with E-state index in [1.165, 1.54) is 0 Å². The lowest BCUT2D eigenvalue weighted by Crippen LogP contribution is -2.32. The van der Waals surface area contributed by atoms with Gasteiger partial charge in [0.15, 0.2) is 0 Å². The Morgan fingerprint density at radius 1 is 0.615 bits per heavy atom. The molecule has 0 saturated heterocycles. The van der Waals surface area contributed by atoms with Crippen molar-refractivity contribution in [3.63, 3.8) is 0 Å². The van der Waals surface area contributed by atoms with E-state index in [0.717, 1.165) is 0 Å². The smallest absolute Gasteiger partial charge is 0.0255 e. The van der Waals surface area contributed by atoms with Crippen LogP contribution in [0, 0.1) is 5.41 Å². The molecule has 0 amide bonds. The van der Waals surface area contributed by atoms with Gasteiger partial charge in [0.05, 0.1) is 0 Å². The van der Waals surface area contributed by atoms with Crippen molar-refractivity contribution in [2.75, 3.05) is 0 Å². The Morgan fingerprint density at radius 3 is 1.23 bits per heavy atom. The minimum Gasteiger partial charge on any atom is -0.0876 e. The van der Waals surface area contributed by atoms with Crippen molar-refractivity contribution in [1.82, 2.24) is 0 Å². The van der Waals surface area contributed by atoms with Crippen molar-refractivity contribution in [3.05, 3.63) is 0 Å². The van der Waals surface area contributed by atoms with Crippen molar-refractivity contribution < 1.29 is 0 Å². The number of rotatable bonds is 2. The fourth-order valence-electron chi connectivity index (χ4n) is 0.354. The third-order valence-corrected chi connectivity index (χ3v) is 6.92. The van der Waals surface area contributed by atoms with Gasteiger partial charge in [0.1, 0.15) is 0 Å². The predicted molar refractivity (Wildman–Crippen MR) is 68.5 cm³/mol. The molecule has 0 bridgehead atoms. The molecule has 0 unspecified atom stereocenters. The van der Waals surface area contributed by atoms with Crippen LogP contribution in [0.4, 0.5) is 0 Å². The van der Waals surface area contributed by atoms with Crippen LogP contribution in [0.3, 0.4) is 0 Å². The molecule has 0 N–H and O–H groups in total. The normalized spacial score (nSPS) is 14.8. The van der Waals surface area contributed by atoms with E-state index in [1.807, 2.05) is 21.6 Å². The minimum atomic E-state index is 0.324. The first-order valence-corrected chi connectivity index (χ1v) is 6.97. The predicted octanol–water partition coefficient (Wildman–Crippen LogP) is 4.99. The summed E-state index contributed by atoms with van der Waals surface area (Å²) in [6.07, 6.45) is 0. The summed E-state index contributed by atoms with van der Waals surface area (Å²) >= 11 is 0. The largest absolute Gasteiger partial charge is 0.0876 e. The van der Waals surface area contributed by atoms with Crippen LogP contribution in [-0.2, 0) is 0 Å². The topological polar surface area (TPSA) is 0 Å². The van der Waals surface area contributed by atoms with E-state index < -0.39 is 0 Å². The molecule has 0 heterocycles. The zero-order valence-corrected chi connectivity index (χ0v) is 11.9. The van der Waals surface area contributed by atoms with E-state index in [1.54, 1.807) is 0 Å². The molecule has 13 heavy (non-hydrogen) atoms. The summed E-state index contributed by atoms with van der Waals surface area (Å²) < 4.78 is 0.679. The van der Waals surface area contributed by atoms with Gasteiger partial charge in [-0.1, -0.05) is 63.1 Å². The zero-order chi connectivity index (χ0) is 10.9. The molecule has 0 aromatic heterocycles. The molecule has 0 fully saturated rings. The second-order valence-electron chi connectivity index (χ2n) is 6.04. The number of hydrogen-bond acceptors (Lipinski definition) is 2. The van der Waals surface area contributed by atoms with E-state index in [0.29, 0.717) is 14.9 Å². The standard InChI is InChI=1S/C11H24S2/c1-9(2,3)11(7,8)13-12-10(4,5)6/h1-8H3. The van der Waals surface area contributed by atoms with Crippen LogP contribution in [0.5, 0.6) is 0 Å². The molecule has 0 aliphatic carbocycles. The molecule has 0 aliphatic rings. The van der Waals surface area contributed by atoms with Crippen molar-refractivity contribution in [2.24, 2.45) is 5.41 Å². The second kappa shape index (κ2) is 4.06. The molecule has 80 valence electrons. The monoisotopic (exact) mass is 220 g/mol. The molecule has 0 atom stereocenters. The quantitative estimate of drug-likeness (QED) is 0.601. The summed E-state index contributed by atoms with van der Waals surface area (Å²) in [6, 6.07) is 0. The molecule has 0 nitrogen and oxygen atoms in total. The summed E-state index contributed by atoms with van der Waals surface area (Å²) in [5, 5.41) is 0. The molecule has 0 saturated carbocycles. The Hall–Kier alpha value is 0.700. The summed E-state index contributed by atoms with van der Waals surface area (Å²) in [5.41, 5.74) is 0.357. The highest BCUT2D eigenvalue weighted by molar-refractivity contribution is 8.77. The van der Waals surface area contributed by atoms with Gasteiger partial charge < -0.3 is 0 Å². The van der Waals surface area contributed by atoms with Gasteiger partial charge in [0, 0.05) is 9.49 Å². The van der Waals surface area contributed by atoms with Crippen LogP contribution < -0.4 is 0 Å². The first-order chi connectivity index (χ1) is 5.46. The Labute approximate surface area is 92.0 Å². The van der Waals surface area contributed by atoms with Crippen molar-refractivity contribution >= 4 is 21.6 Å². The van der Waals surface area contributed by atoms with E-state index in [-0.39, 0.29) is 0 Å². The average molecular weight is 220 g/mol. The highest BCUT2D eigenvalue weighted by Gasteiger charge is 2.34. The maximum absolute atomic E-state index is 2.33. The van der Waals surface area contributed by atoms with E-state index in [9.17, 15) is 0 Å². The third-order valence-electron chi connectivity index (χ3n) is 2.31. The van der Waals surface area contributed by atoms with Crippen LogP contribution in [0.15, 0.2) is 0 Å². The van der Waals surface area contributed by atoms with Crippen molar-refractivity contribution in [1.29, 1.82) is 0 Å². The maximum atomic E-state index is 2.33. The van der Waals surface area contributed by atoms with Gasteiger partial charge in [0.25, 0.3) is 0 Å². The molecule has 0 aromatic carbocycles. The maximum Gasteiger partial charge on any atom is 0.0255 e. The Kier molecular flexibility index (Phi) is 4.28. The molecule has 0 aromatic rings. The molecule has 2 heteroatoms. The second-order valence-corrected chi connectivity index (χ2v) is 9.62. The lowest BCUT2D eigenvalue weighted by atomic mass is 9.83. The van der Waals surface area contributed by atoms with Gasteiger partial charge in [-0.2, -0.15) is 0 Å². The van der Waals surface area contributed by atoms with Crippen LogP contribution in [-0.4, -0.2) is 9.49 Å². The fraction of sp³-hybridized carbons (Fsp3) is 1.00. The van der Waals surface area contributed by atoms with Gasteiger partial charge in [-0.3, -0.25) is 0 Å². The highest BCUT2D eigenvalue weighted by atomic mass is 33.1. The average Bonchev–Trinajstić information content (AvgIpc) is 1.79. The molecular weight excluding hydrogens is 196 g/mol. The Bertz CT molecular complexity index is 158. The molecule has 0 spiro atoms. The van der Waals surface area contributed by atoms with E-state index >= 15 is 0 Å². The summed E-state index contributed by atoms with van der Waals surface area (Å²) in [5.74, 6) is 0. The minimum absolute atomic E-state index is 0.324. The van der Waals surface area contributed by atoms with Gasteiger partial charge in [-0.05, 0) is 19.3 Å². The summed E-state index contributed by atoms with van der Waals surface area (Å²) in [7, 11) is 3.99.